The molecule has 1 aromatic heterocycles. The first-order valence-corrected chi connectivity index (χ1v) is 9.01. The Morgan fingerprint density at radius 1 is 1.22 bits per heavy atom. The van der Waals surface area contributed by atoms with Crippen molar-refractivity contribution in [2.75, 3.05) is 6.54 Å². The summed E-state index contributed by atoms with van der Waals surface area (Å²) in [6.07, 6.45) is 7.27. The van der Waals surface area contributed by atoms with Crippen molar-refractivity contribution >= 4 is 33.0 Å². The molecule has 2 rings (SSSR count). The van der Waals surface area contributed by atoms with Gasteiger partial charge < -0.3 is 0 Å². The molecular weight excluding hydrogens is 290 g/mol. The summed E-state index contributed by atoms with van der Waals surface area (Å²) >= 11 is 6.86. The third-order valence-electron chi connectivity index (χ3n) is 3.35. The van der Waals surface area contributed by atoms with Gasteiger partial charge in [-0.1, -0.05) is 37.3 Å². The molecule has 0 atom stereocenters. The van der Waals surface area contributed by atoms with Crippen LogP contribution in [0.2, 0.25) is 4.34 Å². The van der Waals surface area contributed by atoms with Gasteiger partial charge in [0.25, 0.3) is 0 Å². The van der Waals surface area contributed by atoms with Gasteiger partial charge in [-0.25, -0.2) is 13.1 Å². The Morgan fingerprint density at radius 2 is 1.89 bits per heavy atom. The van der Waals surface area contributed by atoms with E-state index in [1.807, 2.05) is 0 Å². The fourth-order valence-electron chi connectivity index (χ4n) is 2.31. The lowest BCUT2D eigenvalue weighted by atomic mass is 10.0. The van der Waals surface area contributed by atoms with E-state index in [0.29, 0.717) is 21.0 Å². The van der Waals surface area contributed by atoms with Crippen LogP contribution < -0.4 is 4.72 Å². The van der Waals surface area contributed by atoms with Crippen molar-refractivity contribution in [3.63, 3.8) is 0 Å². The van der Waals surface area contributed by atoms with Gasteiger partial charge in [-0.2, -0.15) is 0 Å². The van der Waals surface area contributed by atoms with Crippen molar-refractivity contribution in [1.82, 2.24) is 4.72 Å². The highest BCUT2D eigenvalue weighted by Crippen LogP contribution is 2.26. The molecule has 1 aromatic rings. The molecule has 102 valence electrons. The van der Waals surface area contributed by atoms with Crippen molar-refractivity contribution < 1.29 is 8.42 Å². The highest BCUT2D eigenvalue weighted by molar-refractivity contribution is 7.91. The number of hydrogen-bond donors (Lipinski definition) is 1. The van der Waals surface area contributed by atoms with E-state index in [1.165, 1.54) is 25.7 Å². The zero-order valence-electron chi connectivity index (χ0n) is 10.2. The van der Waals surface area contributed by atoms with E-state index in [4.69, 9.17) is 11.6 Å². The monoisotopic (exact) mass is 307 g/mol. The molecule has 1 N–H and O–H groups in total. The molecule has 18 heavy (non-hydrogen) atoms. The first-order chi connectivity index (χ1) is 8.58. The van der Waals surface area contributed by atoms with Gasteiger partial charge in [0.2, 0.25) is 10.0 Å². The fraction of sp³-hybridized carbons (Fsp3) is 0.667. The molecule has 1 fully saturated rings. The molecule has 0 amide bonds. The van der Waals surface area contributed by atoms with E-state index in [0.717, 1.165) is 24.2 Å². The van der Waals surface area contributed by atoms with Crippen LogP contribution in [0.25, 0.3) is 0 Å². The average molecular weight is 308 g/mol. The SMILES string of the molecule is O=S(=O)(NCC1CCCCCC1)c1ccc(Cl)s1. The van der Waals surface area contributed by atoms with Gasteiger partial charge in [-0.3, -0.25) is 0 Å². The molecule has 1 heterocycles. The standard InChI is InChI=1S/C12H18ClNO2S2/c13-11-7-8-12(17-11)18(15,16)14-9-10-5-3-1-2-4-6-10/h7-8,10,14H,1-6,9H2. The van der Waals surface area contributed by atoms with E-state index < -0.39 is 10.0 Å². The van der Waals surface area contributed by atoms with Crippen LogP contribution >= 0.6 is 22.9 Å². The second-order valence-electron chi connectivity index (χ2n) is 4.77. The summed E-state index contributed by atoms with van der Waals surface area (Å²) in [5, 5.41) is 0. The van der Waals surface area contributed by atoms with Crippen LogP contribution in [0.15, 0.2) is 16.3 Å². The molecule has 3 nitrogen and oxygen atoms in total. The molecule has 1 aliphatic carbocycles. The van der Waals surface area contributed by atoms with Gasteiger partial charge in [0.15, 0.2) is 0 Å². The molecule has 6 heteroatoms. The molecule has 0 aliphatic heterocycles. The predicted octanol–water partition coefficient (Wildman–Crippen LogP) is 3.65. The van der Waals surface area contributed by atoms with Crippen LogP contribution in [0.4, 0.5) is 0 Å². The zero-order valence-corrected chi connectivity index (χ0v) is 12.6. The maximum Gasteiger partial charge on any atom is 0.250 e. The number of sulfonamides is 1. The third-order valence-corrected chi connectivity index (χ3v) is 6.50. The van der Waals surface area contributed by atoms with Crippen LogP contribution in [0, 0.1) is 5.92 Å². The summed E-state index contributed by atoms with van der Waals surface area (Å²) in [6.45, 7) is 0.553. The van der Waals surface area contributed by atoms with Gasteiger partial charge in [0.1, 0.15) is 4.21 Å². The van der Waals surface area contributed by atoms with Gasteiger partial charge in [0.05, 0.1) is 4.34 Å². The number of thiophene rings is 1. The first-order valence-electron chi connectivity index (χ1n) is 6.33. The second-order valence-corrected chi connectivity index (χ2v) is 8.48. The largest absolute Gasteiger partial charge is 0.250 e. The van der Waals surface area contributed by atoms with Gasteiger partial charge in [-0.05, 0) is 30.9 Å². The number of hydrogen-bond acceptors (Lipinski definition) is 3. The predicted molar refractivity (Wildman–Crippen MR) is 75.7 cm³/mol. The summed E-state index contributed by atoms with van der Waals surface area (Å²) < 4.78 is 27.6. The normalized spacial score (nSPS) is 18.7. The maximum absolute atomic E-state index is 12.0. The summed E-state index contributed by atoms with van der Waals surface area (Å²) in [5.41, 5.74) is 0. The van der Waals surface area contributed by atoms with Gasteiger partial charge >= 0.3 is 0 Å². The van der Waals surface area contributed by atoms with Crippen LogP contribution in [0.5, 0.6) is 0 Å². The molecular formula is C12H18ClNO2S2. The minimum atomic E-state index is -3.37. The number of rotatable bonds is 4. The van der Waals surface area contributed by atoms with Crippen molar-refractivity contribution in [2.24, 2.45) is 5.92 Å². The Morgan fingerprint density at radius 3 is 2.44 bits per heavy atom. The van der Waals surface area contributed by atoms with Crippen molar-refractivity contribution in [3.05, 3.63) is 16.5 Å². The molecule has 0 aromatic carbocycles. The topological polar surface area (TPSA) is 46.2 Å². The third kappa shape index (κ3) is 3.95. The minimum Gasteiger partial charge on any atom is -0.210 e. The number of halogens is 1. The van der Waals surface area contributed by atoms with Gasteiger partial charge in [0, 0.05) is 6.54 Å². The van der Waals surface area contributed by atoms with Crippen LogP contribution in [0.1, 0.15) is 38.5 Å². The number of nitrogens with one attached hydrogen (secondary N) is 1. The van der Waals surface area contributed by atoms with Crippen LogP contribution in [0.3, 0.4) is 0 Å². The molecule has 1 aliphatic rings. The maximum atomic E-state index is 12.0. The van der Waals surface area contributed by atoms with E-state index >= 15 is 0 Å². The Balaban J connectivity index is 1.92. The Hall–Kier alpha value is -0.100. The zero-order chi connectivity index (χ0) is 13.0. The van der Waals surface area contributed by atoms with Crippen molar-refractivity contribution in [1.29, 1.82) is 0 Å². The molecule has 0 bridgehead atoms. The molecule has 0 spiro atoms. The highest BCUT2D eigenvalue weighted by atomic mass is 35.5. The average Bonchev–Trinajstić information content (AvgIpc) is 2.63. The lowest BCUT2D eigenvalue weighted by Crippen LogP contribution is -2.28. The van der Waals surface area contributed by atoms with E-state index in [2.05, 4.69) is 4.72 Å². The molecule has 0 saturated heterocycles. The van der Waals surface area contributed by atoms with Crippen molar-refractivity contribution in [2.45, 2.75) is 42.7 Å². The van der Waals surface area contributed by atoms with Crippen LogP contribution in [-0.2, 0) is 10.0 Å². The van der Waals surface area contributed by atoms with E-state index in [-0.39, 0.29) is 0 Å². The lowest BCUT2D eigenvalue weighted by Gasteiger charge is -2.14. The Bertz CT molecular complexity index is 476. The summed E-state index contributed by atoms with van der Waals surface area (Å²) in [7, 11) is -3.37. The van der Waals surface area contributed by atoms with E-state index in [9.17, 15) is 8.42 Å². The minimum absolute atomic E-state index is 0.307. The second kappa shape index (κ2) is 6.37. The quantitative estimate of drug-likeness (QED) is 0.863. The Labute approximate surface area is 118 Å². The Kier molecular flexibility index (Phi) is 5.06. The summed E-state index contributed by atoms with van der Waals surface area (Å²) in [5.74, 6) is 0.484. The summed E-state index contributed by atoms with van der Waals surface area (Å²) in [6, 6.07) is 3.18. The van der Waals surface area contributed by atoms with E-state index in [1.54, 1.807) is 12.1 Å². The lowest BCUT2D eigenvalue weighted by molar-refractivity contribution is 0.451. The summed E-state index contributed by atoms with van der Waals surface area (Å²) in [4.78, 5) is 0. The smallest absolute Gasteiger partial charge is 0.210 e. The van der Waals surface area contributed by atoms with Crippen LogP contribution in [-0.4, -0.2) is 15.0 Å². The fourth-order valence-corrected chi connectivity index (χ4v) is 4.95. The highest BCUT2D eigenvalue weighted by Gasteiger charge is 2.19. The van der Waals surface area contributed by atoms with Crippen molar-refractivity contribution in [3.8, 4) is 0 Å². The molecule has 0 radical (unpaired) electrons. The van der Waals surface area contributed by atoms with Gasteiger partial charge in [-0.15, -0.1) is 11.3 Å². The molecule has 0 unspecified atom stereocenters. The molecule has 1 saturated carbocycles. The first kappa shape index (κ1) is 14.3.